The van der Waals surface area contributed by atoms with Gasteiger partial charge in [-0.05, 0) is 43.0 Å². The van der Waals surface area contributed by atoms with Crippen LogP contribution in [0.5, 0.6) is 0 Å². The molecular formula is C18H22F3N3O. The number of alkyl halides is 3. The zero-order chi connectivity index (χ0) is 18.2. The second-order valence-corrected chi connectivity index (χ2v) is 6.94. The Bertz CT molecular complexity index is 712. The molecule has 0 spiro atoms. The number of carbonyl (C=O) groups excluding carboxylic acids is 1. The summed E-state index contributed by atoms with van der Waals surface area (Å²) in [5.74, 6) is -0.343. The highest BCUT2D eigenvalue weighted by atomic mass is 19.4. The molecule has 3 rings (SSSR count). The molecule has 2 aliphatic rings. The van der Waals surface area contributed by atoms with Gasteiger partial charge >= 0.3 is 6.18 Å². The van der Waals surface area contributed by atoms with Gasteiger partial charge in [-0.2, -0.15) is 13.2 Å². The molecule has 7 heteroatoms. The Balaban J connectivity index is 1.68. The van der Waals surface area contributed by atoms with Gasteiger partial charge in [0.25, 0.3) is 0 Å². The Kier molecular flexibility index (Phi) is 4.86. The molecule has 3 N–H and O–H groups in total. The van der Waals surface area contributed by atoms with Crippen molar-refractivity contribution in [3.63, 3.8) is 0 Å². The van der Waals surface area contributed by atoms with Gasteiger partial charge in [-0.15, -0.1) is 0 Å². The van der Waals surface area contributed by atoms with Crippen LogP contribution < -0.4 is 11.1 Å². The minimum absolute atomic E-state index is 0.113. The summed E-state index contributed by atoms with van der Waals surface area (Å²) in [7, 11) is 0. The van der Waals surface area contributed by atoms with Crippen molar-refractivity contribution in [1.82, 2.24) is 5.32 Å². The lowest BCUT2D eigenvalue weighted by molar-refractivity contribution is -0.138. The second kappa shape index (κ2) is 6.78. The number of nitrogens with one attached hydrogen (secondary N) is 1. The van der Waals surface area contributed by atoms with Crippen molar-refractivity contribution in [3.8, 4) is 0 Å². The SMILES string of the molecule is Cc1cc2c(c(C(F)(F)F)c1)CC(CNC(=O)[C@@H]1CCCC[C@@H]1N)=N2. The van der Waals surface area contributed by atoms with Crippen molar-refractivity contribution in [2.45, 2.75) is 51.2 Å². The van der Waals surface area contributed by atoms with Gasteiger partial charge in [0.05, 0.1) is 23.7 Å². The molecule has 1 aliphatic heterocycles. The lowest BCUT2D eigenvalue weighted by Gasteiger charge is -2.27. The number of halogens is 3. The molecule has 4 nitrogen and oxygen atoms in total. The van der Waals surface area contributed by atoms with Gasteiger partial charge in [0.1, 0.15) is 0 Å². The fourth-order valence-electron chi connectivity index (χ4n) is 3.66. The number of fused-ring (bicyclic) bond motifs is 1. The van der Waals surface area contributed by atoms with Crippen LogP contribution in [0.15, 0.2) is 17.1 Å². The molecule has 0 radical (unpaired) electrons. The van der Waals surface area contributed by atoms with E-state index in [4.69, 9.17) is 5.73 Å². The largest absolute Gasteiger partial charge is 0.416 e. The normalized spacial score (nSPS) is 23.2. The highest BCUT2D eigenvalue weighted by molar-refractivity contribution is 5.98. The molecule has 1 saturated carbocycles. The molecule has 1 aromatic rings. The van der Waals surface area contributed by atoms with Crippen molar-refractivity contribution in [3.05, 3.63) is 28.8 Å². The number of hydrogen-bond acceptors (Lipinski definition) is 3. The van der Waals surface area contributed by atoms with Gasteiger partial charge in [-0.1, -0.05) is 12.8 Å². The van der Waals surface area contributed by atoms with Crippen LogP contribution in [-0.2, 0) is 17.4 Å². The van der Waals surface area contributed by atoms with Crippen molar-refractivity contribution < 1.29 is 18.0 Å². The van der Waals surface area contributed by atoms with Crippen LogP contribution >= 0.6 is 0 Å². The summed E-state index contributed by atoms with van der Waals surface area (Å²) in [6.07, 6.45) is -0.685. The lowest BCUT2D eigenvalue weighted by Crippen LogP contribution is -2.44. The molecule has 25 heavy (non-hydrogen) atoms. The van der Waals surface area contributed by atoms with Crippen LogP contribution in [0.1, 0.15) is 42.4 Å². The smallest absolute Gasteiger partial charge is 0.350 e. The van der Waals surface area contributed by atoms with Crippen molar-refractivity contribution in [2.24, 2.45) is 16.6 Å². The Hall–Kier alpha value is -1.89. The summed E-state index contributed by atoms with van der Waals surface area (Å²) in [5.41, 5.74) is 6.97. The number of nitrogens with zero attached hydrogens (tertiary/aromatic N) is 1. The number of amides is 1. The highest BCUT2D eigenvalue weighted by Gasteiger charge is 2.36. The van der Waals surface area contributed by atoms with Gasteiger partial charge in [0.15, 0.2) is 0 Å². The summed E-state index contributed by atoms with van der Waals surface area (Å²) < 4.78 is 39.6. The molecule has 0 unspecified atom stereocenters. The number of benzene rings is 1. The number of carbonyl (C=O) groups is 1. The van der Waals surface area contributed by atoms with E-state index in [2.05, 4.69) is 10.3 Å². The predicted molar refractivity (Wildman–Crippen MR) is 89.9 cm³/mol. The predicted octanol–water partition coefficient (Wildman–Crippen LogP) is 3.28. The summed E-state index contributed by atoms with van der Waals surface area (Å²) in [4.78, 5) is 16.6. The van der Waals surface area contributed by atoms with Crippen molar-refractivity contribution in [1.29, 1.82) is 0 Å². The first-order valence-electron chi connectivity index (χ1n) is 8.56. The molecule has 1 fully saturated rings. The first-order valence-corrected chi connectivity index (χ1v) is 8.56. The minimum atomic E-state index is -4.40. The molecule has 0 aromatic heterocycles. The molecule has 1 aliphatic carbocycles. The maximum Gasteiger partial charge on any atom is 0.416 e. The van der Waals surface area contributed by atoms with Crippen LogP contribution in [0.3, 0.4) is 0 Å². The minimum Gasteiger partial charge on any atom is -0.350 e. The van der Waals surface area contributed by atoms with E-state index in [1.54, 1.807) is 13.0 Å². The monoisotopic (exact) mass is 353 g/mol. The fourth-order valence-corrected chi connectivity index (χ4v) is 3.66. The molecule has 2 atom stereocenters. The number of hydrogen-bond donors (Lipinski definition) is 2. The van der Waals surface area contributed by atoms with E-state index in [-0.39, 0.29) is 36.4 Å². The summed E-state index contributed by atoms with van der Waals surface area (Å²) >= 11 is 0. The molecule has 136 valence electrons. The lowest BCUT2D eigenvalue weighted by atomic mass is 9.84. The topological polar surface area (TPSA) is 67.5 Å². The molecule has 1 heterocycles. The van der Waals surface area contributed by atoms with E-state index in [1.165, 1.54) is 0 Å². The van der Waals surface area contributed by atoms with Crippen LogP contribution in [0.2, 0.25) is 0 Å². The molecule has 0 saturated heterocycles. The first kappa shape index (κ1) is 17.9. The Morgan fingerprint density at radius 2 is 2.04 bits per heavy atom. The van der Waals surface area contributed by atoms with Crippen LogP contribution in [-0.4, -0.2) is 24.2 Å². The van der Waals surface area contributed by atoms with E-state index in [0.717, 1.165) is 31.7 Å². The number of rotatable bonds is 3. The summed E-state index contributed by atoms with van der Waals surface area (Å²) in [6, 6.07) is 2.66. The Morgan fingerprint density at radius 1 is 1.32 bits per heavy atom. The van der Waals surface area contributed by atoms with Gasteiger partial charge in [-0.3, -0.25) is 9.79 Å². The van der Waals surface area contributed by atoms with E-state index in [0.29, 0.717) is 17.0 Å². The Morgan fingerprint density at radius 3 is 2.72 bits per heavy atom. The van der Waals surface area contributed by atoms with Gasteiger partial charge in [-0.25, -0.2) is 0 Å². The van der Waals surface area contributed by atoms with E-state index in [1.807, 2.05) is 0 Å². The third kappa shape index (κ3) is 3.86. The zero-order valence-corrected chi connectivity index (χ0v) is 14.1. The highest BCUT2D eigenvalue weighted by Crippen LogP contribution is 2.40. The van der Waals surface area contributed by atoms with Gasteiger partial charge < -0.3 is 11.1 Å². The zero-order valence-electron chi connectivity index (χ0n) is 14.1. The number of aliphatic imine (C=N–C) groups is 1. The fraction of sp³-hybridized carbons (Fsp3) is 0.556. The molecule has 1 amide bonds. The average molecular weight is 353 g/mol. The molecular weight excluding hydrogens is 331 g/mol. The standard InChI is InChI=1S/C18H22F3N3O/c1-10-6-14(18(19,20)21)13-8-11(24-16(13)7-10)9-23-17(25)12-4-2-3-5-15(12)22/h6-7,12,15H,2-5,8-9,22H2,1H3,(H,23,25)/t12-,15+/m1/s1. The molecule has 1 aromatic carbocycles. The third-order valence-corrected chi connectivity index (χ3v) is 4.96. The van der Waals surface area contributed by atoms with E-state index in [9.17, 15) is 18.0 Å². The van der Waals surface area contributed by atoms with Gasteiger partial charge in [0.2, 0.25) is 5.91 Å². The van der Waals surface area contributed by atoms with Crippen molar-refractivity contribution in [2.75, 3.05) is 6.54 Å². The third-order valence-electron chi connectivity index (χ3n) is 4.96. The van der Waals surface area contributed by atoms with Crippen LogP contribution in [0.25, 0.3) is 0 Å². The molecule has 0 bridgehead atoms. The maximum atomic E-state index is 13.2. The quantitative estimate of drug-likeness (QED) is 0.876. The van der Waals surface area contributed by atoms with E-state index >= 15 is 0 Å². The van der Waals surface area contributed by atoms with Crippen LogP contribution in [0.4, 0.5) is 18.9 Å². The van der Waals surface area contributed by atoms with Gasteiger partial charge in [0, 0.05) is 18.2 Å². The average Bonchev–Trinajstić information content (AvgIpc) is 2.93. The first-order chi connectivity index (χ1) is 11.8. The second-order valence-electron chi connectivity index (χ2n) is 6.94. The summed E-state index contributed by atoms with van der Waals surface area (Å²) in [6.45, 7) is 1.78. The van der Waals surface area contributed by atoms with E-state index < -0.39 is 11.7 Å². The van der Waals surface area contributed by atoms with Crippen LogP contribution in [0, 0.1) is 12.8 Å². The Labute approximate surface area is 144 Å². The summed E-state index contributed by atoms with van der Waals surface area (Å²) in [5, 5.41) is 2.80. The number of nitrogens with two attached hydrogens (primary N) is 1. The van der Waals surface area contributed by atoms with Crippen molar-refractivity contribution >= 4 is 17.3 Å². The number of aryl methyl sites for hydroxylation is 1. The maximum absolute atomic E-state index is 13.2.